The SMILES string of the molecule is O=C(NCCC1CCNCC1)OCCC(O)c1ccccc1. The minimum Gasteiger partial charge on any atom is -0.449 e. The quantitative estimate of drug-likeness (QED) is 0.722. The number of carbonyl (C=O) groups excluding carboxylic acids is 1. The molecule has 0 radical (unpaired) electrons. The molecule has 1 atom stereocenters. The van der Waals surface area contributed by atoms with Crippen LogP contribution in [-0.2, 0) is 4.74 Å². The average Bonchev–Trinajstić information content (AvgIpc) is 2.56. The van der Waals surface area contributed by atoms with Gasteiger partial charge in [-0.1, -0.05) is 30.3 Å². The Bertz CT molecular complexity index is 433. The van der Waals surface area contributed by atoms with E-state index in [0.29, 0.717) is 18.9 Å². The van der Waals surface area contributed by atoms with Crippen LogP contribution in [0.15, 0.2) is 30.3 Å². The molecule has 5 nitrogen and oxygen atoms in total. The number of nitrogens with one attached hydrogen (secondary N) is 2. The van der Waals surface area contributed by atoms with Crippen molar-refractivity contribution in [3.05, 3.63) is 35.9 Å². The Hall–Kier alpha value is -1.59. The number of aliphatic hydroxyl groups excluding tert-OH is 1. The normalized spacial score (nSPS) is 17.0. The molecule has 0 aliphatic carbocycles. The highest BCUT2D eigenvalue weighted by Crippen LogP contribution is 2.16. The monoisotopic (exact) mass is 306 g/mol. The number of carbonyl (C=O) groups is 1. The first-order chi connectivity index (χ1) is 10.8. The van der Waals surface area contributed by atoms with Crippen LogP contribution in [-0.4, -0.2) is 37.4 Å². The number of rotatable bonds is 7. The molecule has 122 valence electrons. The van der Waals surface area contributed by atoms with E-state index in [0.717, 1.165) is 25.1 Å². The van der Waals surface area contributed by atoms with Gasteiger partial charge >= 0.3 is 6.09 Å². The molecule has 1 aromatic rings. The first-order valence-corrected chi connectivity index (χ1v) is 8.10. The maximum atomic E-state index is 11.6. The molecule has 2 rings (SSSR count). The Kier molecular flexibility index (Phi) is 7.19. The lowest BCUT2D eigenvalue weighted by atomic mass is 9.95. The van der Waals surface area contributed by atoms with Crippen LogP contribution in [0.5, 0.6) is 0 Å². The van der Waals surface area contributed by atoms with Crippen molar-refractivity contribution in [1.29, 1.82) is 0 Å². The van der Waals surface area contributed by atoms with Gasteiger partial charge in [0.2, 0.25) is 0 Å². The van der Waals surface area contributed by atoms with Crippen LogP contribution in [0, 0.1) is 5.92 Å². The van der Waals surface area contributed by atoms with Gasteiger partial charge in [0, 0.05) is 13.0 Å². The lowest BCUT2D eigenvalue weighted by molar-refractivity contribution is 0.105. The maximum Gasteiger partial charge on any atom is 0.407 e. The van der Waals surface area contributed by atoms with Crippen molar-refractivity contribution in [2.24, 2.45) is 5.92 Å². The Morgan fingerprint density at radius 1 is 1.32 bits per heavy atom. The zero-order valence-electron chi connectivity index (χ0n) is 13.0. The Labute approximate surface area is 132 Å². The van der Waals surface area contributed by atoms with E-state index in [1.54, 1.807) is 0 Å². The van der Waals surface area contributed by atoms with Gasteiger partial charge in [0.1, 0.15) is 0 Å². The Balaban J connectivity index is 1.54. The molecule has 1 aliphatic heterocycles. The standard InChI is InChI=1S/C17H26N2O3/c20-16(15-4-2-1-3-5-15)9-13-22-17(21)19-12-8-14-6-10-18-11-7-14/h1-5,14,16,18,20H,6-13H2,(H,19,21). The van der Waals surface area contributed by atoms with Crippen molar-refractivity contribution in [3.8, 4) is 0 Å². The maximum absolute atomic E-state index is 11.6. The van der Waals surface area contributed by atoms with Gasteiger partial charge in [0.25, 0.3) is 0 Å². The molecule has 1 amide bonds. The van der Waals surface area contributed by atoms with Gasteiger partial charge in [-0.05, 0) is 43.8 Å². The number of amides is 1. The number of hydrogen-bond donors (Lipinski definition) is 3. The fraction of sp³-hybridized carbons (Fsp3) is 0.588. The molecule has 1 aliphatic rings. The molecular formula is C17H26N2O3. The predicted octanol–water partition coefficient (Wildman–Crippen LogP) is 2.23. The molecule has 0 saturated carbocycles. The molecule has 1 fully saturated rings. The molecule has 22 heavy (non-hydrogen) atoms. The summed E-state index contributed by atoms with van der Waals surface area (Å²) in [7, 11) is 0. The molecule has 5 heteroatoms. The highest BCUT2D eigenvalue weighted by molar-refractivity contribution is 5.66. The van der Waals surface area contributed by atoms with Crippen LogP contribution in [0.1, 0.15) is 37.4 Å². The molecule has 1 heterocycles. The van der Waals surface area contributed by atoms with Gasteiger partial charge in [-0.25, -0.2) is 4.79 Å². The first kappa shape index (κ1) is 16.8. The molecule has 3 N–H and O–H groups in total. The summed E-state index contributed by atoms with van der Waals surface area (Å²) in [6.07, 6.45) is 2.78. The van der Waals surface area contributed by atoms with Crippen LogP contribution in [0.3, 0.4) is 0 Å². The van der Waals surface area contributed by atoms with E-state index >= 15 is 0 Å². The first-order valence-electron chi connectivity index (χ1n) is 8.10. The van der Waals surface area contributed by atoms with Crippen molar-refractivity contribution in [2.75, 3.05) is 26.2 Å². The third kappa shape index (κ3) is 6.03. The Morgan fingerprint density at radius 3 is 2.77 bits per heavy atom. The third-order valence-electron chi connectivity index (χ3n) is 4.09. The molecule has 1 aromatic carbocycles. The van der Waals surface area contributed by atoms with E-state index in [1.165, 1.54) is 12.8 Å². The summed E-state index contributed by atoms with van der Waals surface area (Å²) >= 11 is 0. The van der Waals surface area contributed by atoms with Crippen molar-refractivity contribution >= 4 is 6.09 Å². The topological polar surface area (TPSA) is 70.6 Å². The molecule has 0 spiro atoms. The second-order valence-corrected chi connectivity index (χ2v) is 5.76. The van der Waals surface area contributed by atoms with Crippen LogP contribution in [0.25, 0.3) is 0 Å². The van der Waals surface area contributed by atoms with Gasteiger partial charge in [-0.3, -0.25) is 0 Å². The van der Waals surface area contributed by atoms with Crippen LogP contribution in [0.2, 0.25) is 0 Å². The summed E-state index contributed by atoms with van der Waals surface area (Å²) in [4.78, 5) is 11.6. The predicted molar refractivity (Wildman–Crippen MR) is 85.6 cm³/mol. The van der Waals surface area contributed by atoms with Gasteiger partial charge in [-0.15, -0.1) is 0 Å². The highest BCUT2D eigenvalue weighted by atomic mass is 16.5. The minimum atomic E-state index is -0.594. The molecule has 0 bridgehead atoms. The lowest BCUT2D eigenvalue weighted by Gasteiger charge is -2.22. The molecule has 1 saturated heterocycles. The molecule has 0 aromatic heterocycles. The summed E-state index contributed by atoms with van der Waals surface area (Å²) in [5.74, 6) is 0.696. The van der Waals surface area contributed by atoms with Crippen molar-refractivity contribution in [1.82, 2.24) is 10.6 Å². The summed E-state index contributed by atoms with van der Waals surface area (Å²) in [5.41, 5.74) is 0.845. The van der Waals surface area contributed by atoms with Gasteiger partial charge in [-0.2, -0.15) is 0 Å². The van der Waals surface area contributed by atoms with Crippen molar-refractivity contribution in [3.63, 3.8) is 0 Å². The third-order valence-corrected chi connectivity index (χ3v) is 4.09. The van der Waals surface area contributed by atoms with Gasteiger partial charge in [0.15, 0.2) is 0 Å². The van der Waals surface area contributed by atoms with E-state index in [9.17, 15) is 9.90 Å². The van der Waals surface area contributed by atoms with E-state index in [4.69, 9.17) is 4.74 Å². The van der Waals surface area contributed by atoms with E-state index < -0.39 is 12.2 Å². The number of alkyl carbamates (subject to hydrolysis) is 1. The second-order valence-electron chi connectivity index (χ2n) is 5.76. The van der Waals surface area contributed by atoms with E-state index in [1.807, 2.05) is 30.3 Å². The number of aliphatic hydroxyl groups is 1. The van der Waals surface area contributed by atoms with Crippen molar-refractivity contribution < 1.29 is 14.6 Å². The van der Waals surface area contributed by atoms with Crippen LogP contribution in [0.4, 0.5) is 4.79 Å². The van der Waals surface area contributed by atoms with Gasteiger partial charge in [0.05, 0.1) is 12.7 Å². The lowest BCUT2D eigenvalue weighted by Crippen LogP contribution is -2.31. The minimum absolute atomic E-state index is 0.218. The fourth-order valence-corrected chi connectivity index (χ4v) is 2.70. The summed E-state index contributed by atoms with van der Waals surface area (Å²) in [6, 6.07) is 9.40. The highest BCUT2D eigenvalue weighted by Gasteiger charge is 2.13. The number of piperidine rings is 1. The zero-order chi connectivity index (χ0) is 15.6. The van der Waals surface area contributed by atoms with E-state index in [2.05, 4.69) is 10.6 Å². The van der Waals surface area contributed by atoms with Crippen LogP contribution < -0.4 is 10.6 Å². The number of ether oxygens (including phenoxy) is 1. The van der Waals surface area contributed by atoms with Crippen molar-refractivity contribution in [2.45, 2.75) is 31.8 Å². The second kappa shape index (κ2) is 9.43. The fourth-order valence-electron chi connectivity index (χ4n) is 2.70. The molecular weight excluding hydrogens is 280 g/mol. The zero-order valence-corrected chi connectivity index (χ0v) is 13.0. The number of benzene rings is 1. The van der Waals surface area contributed by atoms with E-state index in [-0.39, 0.29) is 6.61 Å². The summed E-state index contributed by atoms with van der Waals surface area (Å²) < 4.78 is 5.10. The smallest absolute Gasteiger partial charge is 0.407 e. The largest absolute Gasteiger partial charge is 0.449 e. The number of hydrogen-bond acceptors (Lipinski definition) is 4. The van der Waals surface area contributed by atoms with Crippen LogP contribution >= 0.6 is 0 Å². The average molecular weight is 306 g/mol. The summed E-state index contributed by atoms with van der Waals surface area (Å²) in [6.45, 7) is 3.03. The molecule has 1 unspecified atom stereocenters. The van der Waals surface area contributed by atoms with Gasteiger partial charge < -0.3 is 20.5 Å². The summed E-state index contributed by atoms with van der Waals surface area (Å²) in [5, 5.41) is 16.1. The Morgan fingerprint density at radius 2 is 2.05 bits per heavy atom.